The Bertz CT molecular complexity index is 694. The van der Waals surface area contributed by atoms with Gasteiger partial charge in [-0.2, -0.15) is 0 Å². The van der Waals surface area contributed by atoms with Crippen LogP contribution in [0, 0.1) is 0 Å². The molecule has 3 rings (SSSR count). The van der Waals surface area contributed by atoms with E-state index in [0.29, 0.717) is 17.7 Å². The zero-order chi connectivity index (χ0) is 15.7. The summed E-state index contributed by atoms with van der Waals surface area (Å²) < 4.78 is 0. The molecule has 22 heavy (non-hydrogen) atoms. The number of hydrogen-bond acceptors (Lipinski definition) is 2. The molecule has 0 unspecified atom stereocenters. The van der Waals surface area contributed by atoms with E-state index in [-0.39, 0.29) is 24.1 Å². The van der Waals surface area contributed by atoms with Crippen molar-refractivity contribution in [2.24, 2.45) is 0 Å². The van der Waals surface area contributed by atoms with Gasteiger partial charge in [0.15, 0.2) is 0 Å². The van der Waals surface area contributed by atoms with E-state index in [1.165, 1.54) is 0 Å². The first-order valence-corrected chi connectivity index (χ1v) is 7.84. The molecule has 1 heterocycles. The Kier molecular flexibility index (Phi) is 4.03. The first-order valence-electron chi connectivity index (χ1n) is 7.31. The third kappa shape index (κ3) is 2.33. The third-order valence-electron chi connectivity index (χ3n) is 3.99. The Hall–Kier alpha value is -2.07. The predicted molar refractivity (Wildman–Crippen MR) is 88.1 cm³/mol. The SMILES string of the molecule is CN1C(=O)C2=C(C=CCC2)N(C(=O)CCCl)c2ccccc21. The molecule has 1 aromatic rings. The largest absolute Gasteiger partial charge is 0.310 e. The number of alkyl halides is 1. The minimum absolute atomic E-state index is 0.0482. The van der Waals surface area contributed by atoms with Gasteiger partial charge >= 0.3 is 0 Å². The summed E-state index contributed by atoms with van der Waals surface area (Å²) in [6.45, 7) is 0. The molecule has 1 aliphatic carbocycles. The summed E-state index contributed by atoms with van der Waals surface area (Å²) in [6.07, 6.45) is 5.57. The second kappa shape index (κ2) is 5.97. The second-order valence-corrected chi connectivity index (χ2v) is 5.70. The van der Waals surface area contributed by atoms with Crippen LogP contribution in [0.1, 0.15) is 19.3 Å². The third-order valence-corrected chi connectivity index (χ3v) is 4.18. The highest BCUT2D eigenvalue weighted by molar-refractivity contribution is 6.20. The molecule has 114 valence electrons. The van der Waals surface area contributed by atoms with Crippen LogP contribution in [0.5, 0.6) is 0 Å². The molecule has 5 heteroatoms. The van der Waals surface area contributed by atoms with Crippen molar-refractivity contribution in [3.8, 4) is 0 Å². The molecule has 0 fully saturated rings. The number of allylic oxidation sites excluding steroid dienone is 2. The highest BCUT2D eigenvalue weighted by Crippen LogP contribution is 2.39. The first-order chi connectivity index (χ1) is 10.6. The van der Waals surface area contributed by atoms with Gasteiger partial charge in [0.1, 0.15) is 0 Å². The van der Waals surface area contributed by atoms with Crippen LogP contribution in [0.4, 0.5) is 11.4 Å². The van der Waals surface area contributed by atoms with E-state index in [1.54, 1.807) is 16.8 Å². The lowest BCUT2D eigenvalue weighted by Gasteiger charge is -2.26. The van der Waals surface area contributed by atoms with Crippen molar-refractivity contribution in [2.75, 3.05) is 22.7 Å². The molecule has 0 atom stereocenters. The van der Waals surface area contributed by atoms with Gasteiger partial charge in [-0.15, -0.1) is 11.6 Å². The maximum absolute atomic E-state index is 12.7. The number of carbonyl (C=O) groups is 2. The number of nitrogens with zero attached hydrogens (tertiary/aromatic N) is 2. The smallest absolute Gasteiger partial charge is 0.256 e. The molecule has 0 radical (unpaired) electrons. The fraction of sp³-hybridized carbons (Fsp3) is 0.294. The standard InChI is InChI=1S/C17H17ClN2O2/c1-19-14-8-4-5-9-15(14)20(16(21)10-11-18)13-7-3-2-6-12(13)17(19)22/h3-5,7-9H,2,6,10-11H2,1H3. The summed E-state index contributed by atoms with van der Waals surface area (Å²) in [5.41, 5.74) is 2.83. The number of hydrogen-bond donors (Lipinski definition) is 0. The second-order valence-electron chi connectivity index (χ2n) is 5.33. The van der Waals surface area contributed by atoms with Crippen molar-refractivity contribution >= 4 is 34.8 Å². The van der Waals surface area contributed by atoms with E-state index in [9.17, 15) is 9.59 Å². The minimum atomic E-state index is -0.0930. The van der Waals surface area contributed by atoms with Crippen LogP contribution >= 0.6 is 11.6 Å². The van der Waals surface area contributed by atoms with Crippen molar-refractivity contribution in [1.82, 2.24) is 0 Å². The molecule has 2 amide bonds. The van der Waals surface area contributed by atoms with Crippen LogP contribution in [-0.4, -0.2) is 24.7 Å². The summed E-state index contributed by atoms with van der Waals surface area (Å²) in [6, 6.07) is 7.46. The van der Waals surface area contributed by atoms with E-state index in [1.807, 2.05) is 36.4 Å². The number of amides is 2. The summed E-state index contributed by atoms with van der Waals surface area (Å²) in [5.74, 6) is 0.116. The Labute approximate surface area is 134 Å². The molecule has 0 saturated heterocycles. The lowest BCUT2D eigenvalue weighted by atomic mass is 10.00. The lowest BCUT2D eigenvalue weighted by molar-refractivity contribution is -0.117. The van der Waals surface area contributed by atoms with Crippen molar-refractivity contribution in [3.63, 3.8) is 0 Å². The number of likely N-dealkylation sites (N-methyl/N-ethyl adjacent to an activating group) is 1. The summed E-state index contributed by atoms with van der Waals surface area (Å²) in [4.78, 5) is 28.6. The zero-order valence-electron chi connectivity index (χ0n) is 12.4. The fourth-order valence-electron chi connectivity index (χ4n) is 2.92. The average Bonchev–Trinajstić information content (AvgIpc) is 2.63. The van der Waals surface area contributed by atoms with Crippen molar-refractivity contribution in [1.29, 1.82) is 0 Å². The van der Waals surface area contributed by atoms with E-state index in [2.05, 4.69) is 0 Å². The van der Waals surface area contributed by atoms with Gasteiger partial charge in [0.25, 0.3) is 5.91 Å². The van der Waals surface area contributed by atoms with Crippen molar-refractivity contribution in [3.05, 3.63) is 47.7 Å². The lowest BCUT2D eigenvalue weighted by Crippen LogP contribution is -2.31. The number of halogens is 1. The van der Waals surface area contributed by atoms with Crippen molar-refractivity contribution in [2.45, 2.75) is 19.3 Å². The summed E-state index contributed by atoms with van der Waals surface area (Å²) in [5, 5.41) is 0. The van der Waals surface area contributed by atoms with Crippen molar-refractivity contribution < 1.29 is 9.59 Å². The molecular weight excluding hydrogens is 300 g/mol. The molecular formula is C17H17ClN2O2. The van der Waals surface area contributed by atoms with E-state index >= 15 is 0 Å². The normalized spacial score (nSPS) is 17.3. The highest BCUT2D eigenvalue weighted by atomic mass is 35.5. The number of fused-ring (bicyclic) bond motifs is 1. The molecule has 1 aliphatic heterocycles. The maximum atomic E-state index is 12.7. The van der Waals surface area contributed by atoms with Crippen LogP contribution in [0.3, 0.4) is 0 Å². The Morgan fingerprint density at radius 1 is 1.27 bits per heavy atom. The molecule has 1 aromatic carbocycles. The molecule has 0 N–H and O–H groups in total. The molecule has 0 bridgehead atoms. The highest BCUT2D eigenvalue weighted by Gasteiger charge is 2.33. The van der Waals surface area contributed by atoms with Crippen LogP contribution in [-0.2, 0) is 9.59 Å². The van der Waals surface area contributed by atoms with Gasteiger partial charge < -0.3 is 4.90 Å². The first kappa shape index (κ1) is 14.9. The molecule has 4 nitrogen and oxygen atoms in total. The molecule has 0 aromatic heterocycles. The number of benzene rings is 1. The zero-order valence-corrected chi connectivity index (χ0v) is 13.1. The molecule has 0 saturated carbocycles. The number of anilines is 2. The Balaban J connectivity index is 2.23. The van der Waals surface area contributed by atoms with E-state index in [4.69, 9.17) is 11.6 Å². The molecule has 0 spiro atoms. The van der Waals surface area contributed by atoms with Crippen LogP contribution in [0.2, 0.25) is 0 Å². The van der Waals surface area contributed by atoms with Gasteiger partial charge in [0.05, 0.1) is 17.1 Å². The summed E-state index contributed by atoms with van der Waals surface area (Å²) in [7, 11) is 1.75. The topological polar surface area (TPSA) is 40.6 Å². The number of carbonyl (C=O) groups excluding carboxylic acids is 2. The van der Waals surface area contributed by atoms with Crippen LogP contribution in [0.25, 0.3) is 0 Å². The van der Waals surface area contributed by atoms with Gasteiger partial charge in [-0.1, -0.05) is 18.2 Å². The van der Waals surface area contributed by atoms with Crippen LogP contribution < -0.4 is 9.80 Å². The van der Waals surface area contributed by atoms with E-state index < -0.39 is 0 Å². The number of rotatable bonds is 2. The number of para-hydroxylation sites is 2. The van der Waals surface area contributed by atoms with Gasteiger partial charge in [0.2, 0.25) is 5.91 Å². The quantitative estimate of drug-likeness (QED) is 0.786. The summed E-state index contributed by atoms with van der Waals surface area (Å²) >= 11 is 5.76. The average molecular weight is 317 g/mol. The fourth-order valence-corrected chi connectivity index (χ4v) is 3.08. The minimum Gasteiger partial charge on any atom is -0.310 e. The monoisotopic (exact) mass is 316 g/mol. The maximum Gasteiger partial charge on any atom is 0.256 e. The Morgan fingerprint density at radius 2 is 2.00 bits per heavy atom. The predicted octanol–water partition coefficient (Wildman–Crippen LogP) is 3.23. The van der Waals surface area contributed by atoms with Gasteiger partial charge in [0, 0.05) is 24.9 Å². The van der Waals surface area contributed by atoms with Gasteiger partial charge in [-0.05, 0) is 31.1 Å². The van der Waals surface area contributed by atoms with Crippen LogP contribution in [0.15, 0.2) is 47.7 Å². The van der Waals surface area contributed by atoms with Gasteiger partial charge in [-0.3, -0.25) is 14.5 Å². The molecule has 2 aliphatic rings. The Morgan fingerprint density at radius 3 is 2.73 bits per heavy atom. The van der Waals surface area contributed by atoms with Gasteiger partial charge in [-0.25, -0.2) is 0 Å². The van der Waals surface area contributed by atoms with E-state index in [0.717, 1.165) is 17.8 Å².